The van der Waals surface area contributed by atoms with Crippen LogP contribution >= 0.6 is 0 Å². The molecule has 1 unspecified atom stereocenters. The van der Waals surface area contributed by atoms with Crippen LogP contribution in [0.25, 0.3) is 0 Å². The Kier molecular flexibility index (Phi) is 6.85. The van der Waals surface area contributed by atoms with Crippen LogP contribution in [0.5, 0.6) is 0 Å². The van der Waals surface area contributed by atoms with Gasteiger partial charge in [-0.3, -0.25) is 4.90 Å². The first-order chi connectivity index (χ1) is 9.75. The van der Waals surface area contributed by atoms with Gasteiger partial charge in [0.05, 0.1) is 12.7 Å². The summed E-state index contributed by atoms with van der Waals surface area (Å²) in [6.45, 7) is 13.0. The van der Waals surface area contributed by atoms with Gasteiger partial charge in [0.2, 0.25) is 0 Å². The highest BCUT2D eigenvalue weighted by Crippen LogP contribution is 2.24. The molecule has 1 atom stereocenters. The van der Waals surface area contributed by atoms with Gasteiger partial charge in [0, 0.05) is 26.2 Å². The molecule has 0 saturated carbocycles. The molecule has 1 N–H and O–H groups in total. The summed E-state index contributed by atoms with van der Waals surface area (Å²) in [7, 11) is 1.71. The number of nitrogens with zero attached hydrogens (tertiary/aromatic N) is 1. The molecule has 3 nitrogen and oxygen atoms in total. The third kappa shape index (κ3) is 5.77. The van der Waals surface area contributed by atoms with Crippen LogP contribution < -0.4 is 0 Å². The molecule has 0 bridgehead atoms. The Morgan fingerprint density at radius 2 is 1.71 bits per heavy atom. The van der Waals surface area contributed by atoms with Gasteiger partial charge in [-0.25, -0.2) is 0 Å². The molecule has 0 fully saturated rings. The third-order valence-corrected chi connectivity index (χ3v) is 3.88. The number of aliphatic hydroxyl groups excluding tert-OH is 1. The molecule has 0 aliphatic heterocycles. The number of aliphatic hydroxyl groups is 1. The Morgan fingerprint density at radius 1 is 1.14 bits per heavy atom. The molecule has 0 heterocycles. The van der Waals surface area contributed by atoms with E-state index < -0.39 is 6.10 Å². The lowest BCUT2D eigenvalue weighted by Crippen LogP contribution is -2.37. The van der Waals surface area contributed by atoms with Crippen LogP contribution in [0.4, 0.5) is 0 Å². The molecule has 3 heteroatoms. The number of hydrogen-bond donors (Lipinski definition) is 1. The molecule has 1 aromatic rings. The van der Waals surface area contributed by atoms with Crippen molar-refractivity contribution in [3.05, 3.63) is 35.4 Å². The second-order valence-electron chi connectivity index (χ2n) is 6.97. The lowest BCUT2D eigenvalue weighted by molar-refractivity contribution is 0.0721. The van der Waals surface area contributed by atoms with Gasteiger partial charge in [-0.1, -0.05) is 45.0 Å². The first-order valence-electron chi connectivity index (χ1n) is 7.77. The monoisotopic (exact) mass is 293 g/mol. The number of rotatable bonds is 7. The first kappa shape index (κ1) is 18.1. The SMILES string of the molecule is COCCN(CC(O)c1ccc(C(C)(C)C)cc1)C(C)C. The average Bonchev–Trinajstić information content (AvgIpc) is 2.42. The van der Waals surface area contributed by atoms with E-state index >= 15 is 0 Å². The van der Waals surface area contributed by atoms with E-state index in [1.807, 2.05) is 12.1 Å². The zero-order chi connectivity index (χ0) is 16.0. The maximum Gasteiger partial charge on any atom is 0.0917 e. The van der Waals surface area contributed by atoms with E-state index in [2.05, 4.69) is 51.7 Å². The standard InChI is InChI=1S/C18H31NO2/c1-14(2)19(11-12-21-6)13-17(20)15-7-9-16(10-8-15)18(3,4)5/h7-10,14,17,20H,11-13H2,1-6H3. The normalized spacial score (nSPS) is 14.0. The number of ether oxygens (including phenoxy) is 1. The molecule has 0 aliphatic rings. The molecule has 1 aromatic carbocycles. The van der Waals surface area contributed by atoms with Crippen molar-refractivity contribution in [2.75, 3.05) is 26.8 Å². The second kappa shape index (κ2) is 7.92. The van der Waals surface area contributed by atoms with Crippen LogP contribution in [0, 0.1) is 0 Å². The Hall–Kier alpha value is -0.900. The third-order valence-electron chi connectivity index (χ3n) is 3.88. The largest absolute Gasteiger partial charge is 0.387 e. The van der Waals surface area contributed by atoms with Crippen LogP contribution in [-0.4, -0.2) is 42.9 Å². The van der Waals surface area contributed by atoms with Gasteiger partial charge in [0.15, 0.2) is 0 Å². The molecule has 0 aromatic heterocycles. The van der Waals surface area contributed by atoms with Crippen LogP contribution in [0.3, 0.4) is 0 Å². The van der Waals surface area contributed by atoms with Crippen molar-refractivity contribution in [2.24, 2.45) is 0 Å². The first-order valence-corrected chi connectivity index (χ1v) is 7.77. The van der Waals surface area contributed by atoms with Gasteiger partial charge >= 0.3 is 0 Å². The summed E-state index contributed by atoms with van der Waals surface area (Å²) in [4.78, 5) is 2.24. The van der Waals surface area contributed by atoms with Crippen molar-refractivity contribution in [1.29, 1.82) is 0 Å². The lowest BCUT2D eigenvalue weighted by atomic mass is 9.86. The Balaban J connectivity index is 2.71. The van der Waals surface area contributed by atoms with Crippen molar-refractivity contribution in [3.63, 3.8) is 0 Å². The summed E-state index contributed by atoms with van der Waals surface area (Å²) in [5, 5.41) is 10.5. The number of methoxy groups -OCH3 is 1. The molecule has 0 radical (unpaired) electrons. The fraction of sp³-hybridized carbons (Fsp3) is 0.667. The molecule has 0 aliphatic carbocycles. The minimum absolute atomic E-state index is 0.145. The van der Waals surface area contributed by atoms with Gasteiger partial charge in [0.1, 0.15) is 0 Å². The van der Waals surface area contributed by atoms with E-state index in [9.17, 15) is 5.11 Å². The fourth-order valence-electron chi connectivity index (χ4n) is 2.30. The Morgan fingerprint density at radius 3 is 2.14 bits per heavy atom. The van der Waals surface area contributed by atoms with Crippen molar-refractivity contribution >= 4 is 0 Å². The van der Waals surface area contributed by atoms with Crippen LogP contribution in [0.1, 0.15) is 51.8 Å². The highest BCUT2D eigenvalue weighted by atomic mass is 16.5. The quantitative estimate of drug-likeness (QED) is 0.836. The Labute approximate surface area is 129 Å². The summed E-state index contributed by atoms with van der Waals surface area (Å²) in [5.74, 6) is 0. The molecule has 0 amide bonds. The van der Waals surface area contributed by atoms with Crippen LogP contribution in [0.2, 0.25) is 0 Å². The predicted octanol–water partition coefficient (Wildman–Crippen LogP) is 3.37. The van der Waals surface area contributed by atoms with E-state index in [1.54, 1.807) is 7.11 Å². The van der Waals surface area contributed by atoms with Crippen LogP contribution in [-0.2, 0) is 10.2 Å². The molecule has 0 saturated heterocycles. The highest BCUT2D eigenvalue weighted by Gasteiger charge is 2.17. The maximum atomic E-state index is 10.5. The van der Waals surface area contributed by atoms with Gasteiger partial charge in [-0.05, 0) is 30.4 Å². The highest BCUT2D eigenvalue weighted by molar-refractivity contribution is 5.28. The second-order valence-corrected chi connectivity index (χ2v) is 6.97. The van der Waals surface area contributed by atoms with Gasteiger partial charge in [-0.2, -0.15) is 0 Å². The summed E-state index contributed by atoms with van der Waals surface area (Å²) in [6.07, 6.45) is -0.460. The molecule has 21 heavy (non-hydrogen) atoms. The van der Waals surface area contributed by atoms with Crippen LogP contribution in [0.15, 0.2) is 24.3 Å². The van der Waals surface area contributed by atoms with E-state index in [1.165, 1.54) is 5.56 Å². The lowest BCUT2D eigenvalue weighted by Gasteiger charge is -2.29. The van der Waals surface area contributed by atoms with Gasteiger partial charge in [-0.15, -0.1) is 0 Å². The van der Waals surface area contributed by atoms with E-state index in [0.717, 1.165) is 12.1 Å². The van der Waals surface area contributed by atoms with E-state index in [4.69, 9.17) is 4.74 Å². The predicted molar refractivity (Wildman–Crippen MR) is 88.7 cm³/mol. The van der Waals surface area contributed by atoms with Gasteiger partial charge < -0.3 is 9.84 Å². The summed E-state index contributed by atoms with van der Waals surface area (Å²) >= 11 is 0. The van der Waals surface area contributed by atoms with Crippen molar-refractivity contribution in [3.8, 4) is 0 Å². The summed E-state index contributed by atoms with van der Waals surface area (Å²) in [6, 6.07) is 8.71. The minimum atomic E-state index is -0.460. The van der Waals surface area contributed by atoms with E-state index in [0.29, 0.717) is 19.2 Å². The number of benzene rings is 1. The zero-order valence-corrected chi connectivity index (χ0v) is 14.4. The topological polar surface area (TPSA) is 32.7 Å². The van der Waals surface area contributed by atoms with Crippen molar-refractivity contribution in [1.82, 2.24) is 4.90 Å². The minimum Gasteiger partial charge on any atom is -0.387 e. The maximum absolute atomic E-state index is 10.5. The number of hydrogen-bond acceptors (Lipinski definition) is 3. The molecule has 0 spiro atoms. The van der Waals surface area contributed by atoms with Crippen molar-refractivity contribution in [2.45, 2.75) is 52.2 Å². The Bertz CT molecular complexity index is 406. The molecule has 120 valence electrons. The molecule has 1 rings (SSSR count). The fourth-order valence-corrected chi connectivity index (χ4v) is 2.30. The van der Waals surface area contributed by atoms with E-state index in [-0.39, 0.29) is 5.41 Å². The molecular formula is C18H31NO2. The molecular weight excluding hydrogens is 262 g/mol. The smallest absolute Gasteiger partial charge is 0.0917 e. The summed E-state index contributed by atoms with van der Waals surface area (Å²) < 4.78 is 5.14. The average molecular weight is 293 g/mol. The zero-order valence-electron chi connectivity index (χ0n) is 14.4. The summed E-state index contributed by atoms with van der Waals surface area (Å²) in [5.41, 5.74) is 2.41. The van der Waals surface area contributed by atoms with Crippen molar-refractivity contribution < 1.29 is 9.84 Å². The van der Waals surface area contributed by atoms with Gasteiger partial charge in [0.25, 0.3) is 0 Å².